The van der Waals surface area contributed by atoms with Gasteiger partial charge in [-0.1, -0.05) is 32.6 Å². The highest BCUT2D eigenvalue weighted by Crippen LogP contribution is 2.32. The summed E-state index contributed by atoms with van der Waals surface area (Å²) in [5.41, 5.74) is 0. The summed E-state index contributed by atoms with van der Waals surface area (Å²) in [5.74, 6) is 0.858. The van der Waals surface area contributed by atoms with Crippen molar-refractivity contribution in [1.82, 2.24) is 4.42 Å². The first-order valence-electron chi connectivity index (χ1n) is 5.64. The van der Waals surface area contributed by atoms with E-state index in [1.807, 2.05) is 11.5 Å². The fourth-order valence-corrected chi connectivity index (χ4v) is 2.72. The summed E-state index contributed by atoms with van der Waals surface area (Å²) >= 11 is 6.06. The highest BCUT2D eigenvalue weighted by atomic mass is 35.5. The third-order valence-electron chi connectivity index (χ3n) is 3.25. The monoisotopic (exact) mass is 203 g/mol. The quantitative estimate of drug-likeness (QED) is 0.628. The van der Waals surface area contributed by atoms with Crippen LogP contribution >= 0.6 is 11.8 Å². The number of unbranched alkanes of at least 4 members (excludes halogenated alkanes) is 1. The Kier molecular flexibility index (Phi) is 5.12. The molecular formula is C11H22ClN. The van der Waals surface area contributed by atoms with Gasteiger partial charge in [0, 0.05) is 13.1 Å². The zero-order valence-electron chi connectivity index (χ0n) is 8.93. The van der Waals surface area contributed by atoms with Crippen LogP contribution in [-0.4, -0.2) is 17.5 Å². The van der Waals surface area contributed by atoms with Gasteiger partial charge in [-0.2, -0.15) is 0 Å². The van der Waals surface area contributed by atoms with Gasteiger partial charge in [-0.05, 0) is 37.0 Å². The van der Waals surface area contributed by atoms with Crippen LogP contribution in [0.5, 0.6) is 0 Å². The summed E-state index contributed by atoms with van der Waals surface area (Å²) in [6.45, 7) is 2.27. The lowest BCUT2D eigenvalue weighted by atomic mass is 9.81. The van der Waals surface area contributed by atoms with Crippen LogP contribution < -0.4 is 0 Å². The van der Waals surface area contributed by atoms with E-state index in [9.17, 15) is 0 Å². The Morgan fingerprint density at radius 2 is 2.00 bits per heavy atom. The number of nitrogens with zero attached hydrogens (tertiary/aromatic N) is 1. The van der Waals surface area contributed by atoms with E-state index in [1.54, 1.807) is 0 Å². The van der Waals surface area contributed by atoms with Crippen molar-refractivity contribution in [1.29, 1.82) is 0 Å². The van der Waals surface area contributed by atoms with Crippen molar-refractivity contribution in [2.75, 3.05) is 7.05 Å². The Bertz CT molecular complexity index is 136. The minimum Gasteiger partial charge on any atom is -0.220 e. The Morgan fingerprint density at radius 3 is 2.62 bits per heavy atom. The van der Waals surface area contributed by atoms with Gasteiger partial charge in [-0.3, -0.25) is 0 Å². The molecule has 0 N–H and O–H groups in total. The van der Waals surface area contributed by atoms with Crippen molar-refractivity contribution in [2.45, 2.75) is 57.9 Å². The van der Waals surface area contributed by atoms with E-state index in [-0.39, 0.29) is 0 Å². The molecule has 0 bridgehead atoms. The van der Waals surface area contributed by atoms with Crippen LogP contribution in [0.25, 0.3) is 0 Å². The molecule has 0 spiro atoms. The molecule has 2 heteroatoms. The molecule has 13 heavy (non-hydrogen) atoms. The first kappa shape index (κ1) is 11.3. The van der Waals surface area contributed by atoms with Crippen LogP contribution in [0.3, 0.4) is 0 Å². The summed E-state index contributed by atoms with van der Waals surface area (Å²) < 4.78 is 1.92. The minimum absolute atomic E-state index is 0.641. The molecule has 0 amide bonds. The van der Waals surface area contributed by atoms with E-state index in [0.717, 1.165) is 5.92 Å². The van der Waals surface area contributed by atoms with Crippen LogP contribution in [0, 0.1) is 5.92 Å². The Labute approximate surface area is 87.6 Å². The average Bonchev–Trinajstić information content (AvgIpc) is 2.15. The molecule has 1 nitrogen and oxygen atoms in total. The number of rotatable bonds is 4. The largest absolute Gasteiger partial charge is 0.220 e. The third kappa shape index (κ3) is 3.47. The summed E-state index contributed by atoms with van der Waals surface area (Å²) in [6.07, 6.45) is 9.52. The maximum absolute atomic E-state index is 6.06. The van der Waals surface area contributed by atoms with Crippen LogP contribution in [0.2, 0.25) is 0 Å². The van der Waals surface area contributed by atoms with E-state index in [2.05, 4.69) is 6.92 Å². The normalized spacial score (nSPS) is 29.5. The Balaban J connectivity index is 2.37. The van der Waals surface area contributed by atoms with Gasteiger partial charge in [0.2, 0.25) is 0 Å². The van der Waals surface area contributed by atoms with Crippen molar-refractivity contribution in [2.24, 2.45) is 5.92 Å². The minimum atomic E-state index is 0.641. The molecule has 1 aliphatic rings. The standard InChI is InChI=1S/C11H22ClN/c1-3-4-7-10-8-5-6-9-11(10)13(2)12/h10-11H,3-9H2,1-2H3. The maximum atomic E-state index is 6.06. The molecule has 0 saturated heterocycles. The van der Waals surface area contributed by atoms with Gasteiger partial charge in [0.15, 0.2) is 0 Å². The summed E-state index contributed by atoms with van der Waals surface area (Å²) in [5, 5.41) is 0. The number of hydrogen-bond acceptors (Lipinski definition) is 1. The summed E-state index contributed by atoms with van der Waals surface area (Å²) in [7, 11) is 2.01. The van der Waals surface area contributed by atoms with E-state index >= 15 is 0 Å². The lowest BCUT2D eigenvalue weighted by Gasteiger charge is -2.34. The lowest BCUT2D eigenvalue weighted by Crippen LogP contribution is -2.34. The van der Waals surface area contributed by atoms with E-state index in [1.165, 1.54) is 44.9 Å². The van der Waals surface area contributed by atoms with Gasteiger partial charge >= 0.3 is 0 Å². The molecule has 0 heterocycles. The lowest BCUT2D eigenvalue weighted by molar-refractivity contribution is 0.191. The van der Waals surface area contributed by atoms with Crippen molar-refractivity contribution in [3.8, 4) is 0 Å². The topological polar surface area (TPSA) is 3.24 Å². The second kappa shape index (κ2) is 5.87. The third-order valence-corrected chi connectivity index (χ3v) is 3.51. The van der Waals surface area contributed by atoms with Gasteiger partial charge < -0.3 is 0 Å². The molecule has 2 unspecified atom stereocenters. The first-order chi connectivity index (χ1) is 6.25. The molecule has 0 radical (unpaired) electrons. The zero-order valence-corrected chi connectivity index (χ0v) is 9.69. The average molecular weight is 204 g/mol. The molecule has 0 aliphatic heterocycles. The Hall–Kier alpha value is 0.250. The van der Waals surface area contributed by atoms with Crippen molar-refractivity contribution < 1.29 is 0 Å². The molecule has 1 rings (SSSR count). The molecule has 1 saturated carbocycles. The molecular weight excluding hydrogens is 182 g/mol. The molecule has 0 aromatic rings. The Morgan fingerprint density at radius 1 is 1.31 bits per heavy atom. The fraction of sp³-hybridized carbons (Fsp3) is 1.00. The van der Waals surface area contributed by atoms with Gasteiger partial charge in [0.1, 0.15) is 0 Å². The van der Waals surface area contributed by atoms with E-state index < -0.39 is 0 Å². The van der Waals surface area contributed by atoms with Gasteiger partial charge in [-0.25, -0.2) is 4.42 Å². The highest BCUT2D eigenvalue weighted by Gasteiger charge is 2.26. The smallest absolute Gasteiger partial charge is 0.0276 e. The highest BCUT2D eigenvalue weighted by molar-refractivity contribution is 6.13. The van der Waals surface area contributed by atoms with Crippen molar-refractivity contribution in [3.63, 3.8) is 0 Å². The van der Waals surface area contributed by atoms with Crippen LogP contribution in [0.15, 0.2) is 0 Å². The van der Waals surface area contributed by atoms with E-state index in [4.69, 9.17) is 11.8 Å². The fourth-order valence-electron chi connectivity index (χ4n) is 2.46. The van der Waals surface area contributed by atoms with Crippen LogP contribution in [-0.2, 0) is 0 Å². The summed E-state index contributed by atoms with van der Waals surface area (Å²) in [6, 6.07) is 0.641. The summed E-state index contributed by atoms with van der Waals surface area (Å²) in [4.78, 5) is 0. The molecule has 78 valence electrons. The van der Waals surface area contributed by atoms with Crippen LogP contribution in [0.1, 0.15) is 51.9 Å². The van der Waals surface area contributed by atoms with Crippen LogP contribution in [0.4, 0.5) is 0 Å². The zero-order chi connectivity index (χ0) is 9.68. The molecule has 2 atom stereocenters. The maximum Gasteiger partial charge on any atom is 0.0276 e. The molecule has 0 aromatic heterocycles. The first-order valence-corrected chi connectivity index (χ1v) is 5.98. The van der Waals surface area contributed by atoms with Crippen molar-refractivity contribution in [3.05, 3.63) is 0 Å². The second-order valence-electron chi connectivity index (χ2n) is 4.28. The molecule has 0 aromatic carbocycles. The van der Waals surface area contributed by atoms with E-state index in [0.29, 0.717) is 6.04 Å². The molecule has 1 aliphatic carbocycles. The SMILES string of the molecule is CCCCC1CCCCC1N(C)Cl. The van der Waals surface area contributed by atoms with Gasteiger partial charge in [-0.15, -0.1) is 0 Å². The van der Waals surface area contributed by atoms with Crippen molar-refractivity contribution >= 4 is 11.8 Å². The predicted octanol–water partition coefficient (Wildman–Crippen LogP) is 3.82. The van der Waals surface area contributed by atoms with Gasteiger partial charge in [0.05, 0.1) is 0 Å². The van der Waals surface area contributed by atoms with Gasteiger partial charge in [0.25, 0.3) is 0 Å². The number of hydrogen-bond donors (Lipinski definition) is 0. The second-order valence-corrected chi connectivity index (χ2v) is 4.81. The molecule has 1 fully saturated rings. The number of halogens is 1. The predicted molar refractivity (Wildman–Crippen MR) is 58.9 cm³/mol.